The standard InChI is InChI=1S/C9H9ClFNO.ClH/c1-2-5-6(9(12)13)3-4-7(11)8(5)10;/h3-4H,2H2,1H3,(H2,12,13);1H. The lowest BCUT2D eigenvalue weighted by Crippen LogP contribution is -2.14. The first-order valence-electron chi connectivity index (χ1n) is 3.84. The Morgan fingerprint density at radius 1 is 1.57 bits per heavy atom. The van der Waals surface area contributed by atoms with Crippen LogP contribution in [-0.4, -0.2) is 5.91 Å². The van der Waals surface area contributed by atoms with Gasteiger partial charge in [-0.05, 0) is 24.1 Å². The Balaban J connectivity index is 0.00000169. The largest absolute Gasteiger partial charge is 0.366 e. The molecule has 0 fully saturated rings. The molecule has 0 atom stereocenters. The van der Waals surface area contributed by atoms with Crippen molar-refractivity contribution in [1.82, 2.24) is 0 Å². The molecule has 0 unspecified atom stereocenters. The molecule has 0 aliphatic rings. The number of primary amides is 1. The van der Waals surface area contributed by atoms with E-state index >= 15 is 0 Å². The fourth-order valence-corrected chi connectivity index (χ4v) is 1.47. The van der Waals surface area contributed by atoms with Crippen LogP contribution < -0.4 is 5.73 Å². The fraction of sp³-hybridized carbons (Fsp3) is 0.222. The summed E-state index contributed by atoms with van der Waals surface area (Å²) in [6, 6.07) is 2.49. The Bertz CT molecular complexity index is 355. The number of halogens is 3. The van der Waals surface area contributed by atoms with Crippen LogP contribution in [0.15, 0.2) is 12.1 Å². The van der Waals surface area contributed by atoms with Gasteiger partial charge in [-0.3, -0.25) is 4.79 Å². The third-order valence-corrected chi connectivity index (χ3v) is 2.22. The Hall–Kier alpha value is -0.800. The van der Waals surface area contributed by atoms with Crippen molar-refractivity contribution >= 4 is 29.9 Å². The fourth-order valence-electron chi connectivity index (χ4n) is 1.17. The van der Waals surface area contributed by atoms with E-state index < -0.39 is 11.7 Å². The van der Waals surface area contributed by atoms with Crippen molar-refractivity contribution in [3.8, 4) is 0 Å². The van der Waals surface area contributed by atoms with Crippen LogP contribution in [0.2, 0.25) is 5.02 Å². The van der Waals surface area contributed by atoms with E-state index in [0.717, 1.165) is 6.07 Å². The predicted octanol–water partition coefficient (Wildman–Crippen LogP) is 2.56. The molecule has 1 rings (SSSR count). The van der Waals surface area contributed by atoms with E-state index in [1.807, 2.05) is 0 Å². The zero-order valence-corrected chi connectivity index (χ0v) is 9.08. The van der Waals surface area contributed by atoms with E-state index in [-0.39, 0.29) is 23.0 Å². The van der Waals surface area contributed by atoms with Crippen LogP contribution >= 0.6 is 24.0 Å². The summed E-state index contributed by atoms with van der Waals surface area (Å²) >= 11 is 5.66. The molecule has 0 heterocycles. The molecule has 5 heteroatoms. The molecule has 0 saturated heterocycles. The minimum absolute atomic E-state index is 0. The van der Waals surface area contributed by atoms with Gasteiger partial charge >= 0.3 is 0 Å². The Morgan fingerprint density at radius 3 is 2.57 bits per heavy atom. The molecule has 0 saturated carbocycles. The van der Waals surface area contributed by atoms with Gasteiger partial charge in [-0.15, -0.1) is 12.4 Å². The minimum atomic E-state index is -0.584. The molecule has 1 amide bonds. The zero-order chi connectivity index (χ0) is 10.0. The van der Waals surface area contributed by atoms with Gasteiger partial charge in [0, 0.05) is 5.56 Å². The minimum Gasteiger partial charge on any atom is -0.366 e. The maximum atomic E-state index is 12.9. The van der Waals surface area contributed by atoms with Gasteiger partial charge in [0.1, 0.15) is 5.82 Å². The van der Waals surface area contributed by atoms with Gasteiger partial charge in [-0.25, -0.2) is 4.39 Å². The number of hydrogen-bond acceptors (Lipinski definition) is 1. The van der Waals surface area contributed by atoms with E-state index in [1.54, 1.807) is 6.92 Å². The quantitative estimate of drug-likeness (QED) is 0.845. The summed E-state index contributed by atoms with van der Waals surface area (Å²) in [6.07, 6.45) is 0.481. The molecule has 0 radical (unpaired) electrons. The number of hydrogen-bond donors (Lipinski definition) is 1. The molecule has 14 heavy (non-hydrogen) atoms. The summed E-state index contributed by atoms with van der Waals surface area (Å²) in [5, 5.41) is -0.0150. The number of benzene rings is 1. The highest BCUT2D eigenvalue weighted by molar-refractivity contribution is 6.32. The zero-order valence-electron chi connectivity index (χ0n) is 7.51. The van der Waals surface area contributed by atoms with E-state index in [0.29, 0.717) is 12.0 Å². The van der Waals surface area contributed by atoms with Crippen molar-refractivity contribution in [3.63, 3.8) is 0 Å². The van der Waals surface area contributed by atoms with Gasteiger partial charge in [0.15, 0.2) is 0 Å². The van der Waals surface area contributed by atoms with Crippen molar-refractivity contribution < 1.29 is 9.18 Å². The molecule has 78 valence electrons. The van der Waals surface area contributed by atoms with E-state index in [9.17, 15) is 9.18 Å². The molecule has 0 spiro atoms. The second-order valence-corrected chi connectivity index (χ2v) is 2.98. The summed E-state index contributed by atoms with van der Waals surface area (Å²) in [5.41, 5.74) is 5.84. The van der Waals surface area contributed by atoms with Crippen molar-refractivity contribution in [2.24, 2.45) is 5.73 Å². The number of nitrogens with two attached hydrogens (primary N) is 1. The smallest absolute Gasteiger partial charge is 0.249 e. The van der Waals surface area contributed by atoms with Crippen LogP contribution in [0.1, 0.15) is 22.8 Å². The Labute approximate surface area is 92.6 Å². The normalized spacial score (nSPS) is 9.36. The van der Waals surface area contributed by atoms with Gasteiger partial charge in [0.2, 0.25) is 5.91 Å². The maximum absolute atomic E-state index is 12.9. The van der Waals surface area contributed by atoms with Crippen LogP contribution in [0.3, 0.4) is 0 Å². The number of carbonyl (C=O) groups is 1. The third kappa shape index (κ3) is 2.36. The highest BCUT2D eigenvalue weighted by Crippen LogP contribution is 2.23. The van der Waals surface area contributed by atoms with E-state index in [4.69, 9.17) is 17.3 Å². The summed E-state index contributed by atoms with van der Waals surface area (Å²) < 4.78 is 12.9. The van der Waals surface area contributed by atoms with Crippen LogP contribution in [0.4, 0.5) is 4.39 Å². The summed E-state index contributed by atoms with van der Waals surface area (Å²) in [6.45, 7) is 1.78. The summed E-state index contributed by atoms with van der Waals surface area (Å²) in [7, 11) is 0. The average molecular weight is 238 g/mol. The monoisotopic (exact) mass is 237 g/mol. The molecular weight excluding hydrogens is 228 g/mol. The maximum Gasteiger partial charge on any atom is 0.249 e. The molecule has 2 N–H and O–H groups in total. The van der Waals surface area contributed by atoms with Gasteiger partial charge in [0.05, 0.1) is 5.02 Å². The summed E-state index contributed by atoms with van der Waals surface area (Å²) in [4.78, 5) is 10.9. The first-order valence-corrected chi connectivity index (χ1v) is 4.22. The van der Waals surface area contributed by atoms with E-state index in [2.05, 4.69) is 0 Å². The Morgan fingerprint density at radius 2 is 2.14 bits per heavy atom. The van der Waals surface area contributed by atoms with Crippen molar-refractivity contribution in [2.75, 3.05) is 0 Å². The second kappa shape index (κ2) is 5.17. The number of amides is 1. The SMILES string of the molecule is CCc1c(C(N)=O)ccc(F)c1Cl.Cl. The van der Waals surface area contributed by atoms with Gasteiger partial charge in [-0.2, -0.15) is 0 Å². The second-order valence-electron chi connectivity index (χ2n) is 2.61. The lowest BCUT2D eigenvalue weighted by molar-refractivity contribution is 0.0999. The van der Waals surface area contributed by atoms with Crippen molar-refractivity contribution in [1.29, 1.82) is 0 Å². The number of rotatable bonds is 2. The van der Waals surface area contributed by atoms with Gasteiger partial charge in [0.25, 0.3) is 0 Å². The predicted molar refractivity (Wildman–Crippen MR) is 56.6 cm³/mol. The first kappa shape index (κ1) is 13.2. The van der Waals surface area contributed by atoms with Crippen molar-refractivity contribution in [2.45, 2.75) is 13.3 Å². The van der Waals surface area contributed by atoms with Crippen LogP contribution in [0.5, 0.6) is 0 Å². The molecular formula is C9H10Cl2FNO. The van der Waals surface area contributed by atoms with Gasteiger partial charge in [-0.1, -0.05) is 18.5 Å². The lowest BCUT2D eigenvalue weighted by Gasteiger charge is -2.06. The molecule has 0 bridgehead atoms. The topological polar surface area (TPSA) is 43.1 Å². The molecule has 2 nitrogen and oxygen atoms in total. The number of carbonyl (C=O) groups excluding carboxylic acids is 1. The Kier molecular flexibility index (Phi) is 4.88. The molecule has 0 aliphatic heterocycles. The third-order valence-electron chi connectivity index (χ3n) is 1.82. The van der Waals surface area contributed by atoms with E-state index in [1.165, 1.54) is 6.07 Å². The highest BCUT2D eigenvalue weighted by Gasteiger charge is 2.13. The highest BCUT2D eigenvalue weighted by atomic mass is 35.5. The van der Waals surface area contributed by atoms with Crippen molar-refractivity contribution in [3.05, 3.63) is 34.1 Å². The molecule has 1 aromatic rings. The average Bonchev–Trinajstić information content (AvgIpc) is 2.09. The molecule has 0 aromatic heterocycles. The lowest BCUT2D eigenvalue weighted by atomic mass is 10.0. The molecule has 0 aliphatic carbocycles. The van der Waals surface area contributed by atoms with Crippen LogP contribution in [-0.2, 0) is 6.42 Å². The summed E-state index contributed by atoms with van der Waals surface area (Å²) in [5.74, 6) is -1.11. The van der Waals surface area contributed by atoms with Crippen LogP contribution in [0, 0.1) is 5.82 Å². The first-order chi connectivity index (χ1) is 6.07. The van der Waals surface area contributed by atoms with Gasteiger partial charge < -0.3 is 5.73 Å². The molecule has 1 aromatic carbocycles. The van der Waals surface area contributed by atoms with Crippen LogP contribution in [0.25, 0.3) is 0 Å².